The number of nitrogens with zero attached hydrogens (tertiary/aromatic N) is 5. The third-order valence-corrected chi connectivity index (χ3v) is 8.00. The lowest BCUT2D eigenvalue weighted by molar-refractivity contribution is -0.138. The second-order valence-electron chi connectivity index (χ2n) is 10.1. The number of nitrogens with one attached hydrogen (secondary N) is 1. The molecule has 1 aromatic carbocycles. The van der Waals surface area contributed by atoms with Gasteiger partial charge >= 0.3 is 6.18 Å². The Kier molecular flexibility index (Phi) is 7.95. The van der Waals surface area contributed by atoms with Crippen molar-refractivity contribution < 1.29 is 31.9 Å². The van der Waals surface area contributed by atoms with Crippen molar-refractivity contribution in [2.75, 3.05) is 49.2 Å². The molecule has 1 spiro atoms. The van der Waals surface area contributed by atoms with Crippen LogP contribution in [0.1, 0.15) is 47.3 Å². The molecule has 9 nitrogen and oxygen atoms in total. The van der Waals surface area contributed by atoms with Gasteiger partial charge in [0.25, 0.3) is 11.8 Å². The van der Waals surface area contributed by atoms with E-state index in [1.807, 2.05) is 0 Å². The van der Waals surface area contributed by atoms with E-state index in [-0.39, 0.29) is 22.1 Å². The van der Waals surface area contributed by atoms with Gasteiger partial charge in [-0.2, -0.15) is 18.4 Å². The lowest BCUT2D eigenvalue weighted by atomic mass is 9.75. The second kappa shape index (κ2) is 11.3. The molecular formula is C27H26F4N6O3S. The second-order valence-corrected chi connectivity index (χ2v) is 10.4. The SMILES string of the molecule is N#Cc1ncc(N2C(=O)C3(CCC3)N(c3ccc(C(=O)NCCCN4CCOCC4)c(F)c3)C2=S)cc1C(F)(F)F. The van der Waals surface area contributed by atoms with E-state index >= 15 is 4.39 Å². The normalized spacial score (nSPS) is 18.9. The molecule has 14 heteroatoms. The number of halogens is 4. The minimum absolute atomic E-state index is 0.144. The Balaban J connectivity index is 1.35. The van der Waals surface area contributed by atoms with Gasteiger partial charge in [0, 0.05) is 25.3 Å². The van der Waals surface area contributed by atoms with E-state index in [0.29, 0.717) is 51.5 Å². The molecule has 0 bridgehead atoms. The molecule has 2 saturated heterocycles. The Morgan fingerprint density at radius 1 is 1.20 bits per heavy atom. The summed E-state index contributed by atoms with van der Waals surface area (Å²) >= 11 is 5.55. The van der Waals surface area contributed by atoms with Gasteiger partial charge in [-0.3, -0.25) is 19.4 Å². The molecule has 1 aliphatic carbocycles. The summed E-state index contributed by atoms with van der Waals surface area (Å²) in [7, 11) is 0. The third kappa shape index (κ3) is 5.37. The molecule has 41 heavy (non-hydrogen) atoms. The molecule has 3 aliphatic rings. The zero-order chi connectivity index (χ0) is 29.4. The first kappa shape index (κ1) is 28.8. The molecular weight excluding hydrogens is 564 g/mol. The van der Waals surface area contributed by atoms with Crippen molar-refractivity contribution in [1.29, 1.82) is 5.26 Å². The van der Waals surface area contributed by atoms with Crippen LogP contribution >= 0.6 is 12.2 Å². The van der Waals surface area contributed by atoms with Crippen LogP contribution in [0.3, 0.4) is 0 Å². The molecule has 3 fully saturated rings. The Morgan fingerprint density at radius 2 is 1.93 bits per heavy atom. The van der Waals surface area contributed by atoms with Crippen LogP contribution in [0.2, 0.25) is 0 Å². The minimum Gasteiger partial charge on any atom is -0.379 e. The lowest BCUT2D eigenvalue weighted by Gasteiger charge is -2.43. The smallest absolute Gasteiger partial charge is 0.379 e. The number of hydrogen-bond acceptors (Lipinski definition) is 7. The first-order valence-electron chi connectivity index (χ1n) is 13.1. The summed E-state index contributed by atoms with van der Waals surface area (Å²) in [5.74, 6) is -1.97. The van der Waals surface area contributed by atoms with Gasteiger partial charge in [-0.05, 0) is 68.7 Å². The molecule has 1 saturated carbocycles. The number of nitriles is 1. The standard InChI is InChI=1S/C27H26F4N6O3S/c28-21-14-17(3-4-19(21)23(38)33-7-2-8-35-9-11-40-12-10-35)37-25(41)36(24(39)26(37)5-1-6-26)18-13-20(27(29,30)31)22(15-32)34-16-18/h3-4,13-14,16H,1-2,5-12H2,(H,33,38). The predicted octanol–water partition coefficient (Wildman–Crippen LogP) is 3.62. The molecule has 1 aromatic heterocycles. The van der Waals surface area contributed by atoms with Crippen LogP contribution in [0.4, 0.5) is 28.9 Å². The number of ether oxygens (including phenoxy) is 1. The molecule has 216 valence electrons. The fourth-order valence-electron chi connectivity index (χ4n) is 5.34. The number of morpholine rings is 1. The van der Waals surface area contributed by atoms with Gasteiger partial charge in [-0.1, -0.05) is 0 Å². The molecule has 2 aliphatic heterocycles. The topological polar surface area (TPSA) is 102 Å². The van der Waals surface area contributed by atoms with Gasteiger partial charge in [0.2, 0.25) is 0 Å². The number of carbonyl (C=O) groups excluding carboxylic acids is 2. The highest BCUT2D eigenvalue weighted by atomic mass is 32.1. The first-order valence-corrected chi connectivity index (χ1v) is 13.5. The number of thiocarbonyl (C=S) groups is 1. The molecule has 2 amide bonds. The van der Waals surface area contributed by atoms with E-state index in [1.54, 1.807) is 0 Å². The molecule has 0 unspecified atom stereocenters. The average Bonchev–Trinajstić information content (AvgIpc) is 3.17. The highest BCUT2D eigenvalue weighted by Crippen LogP contribution is 2.48. The van der Waals surface area contributed by atoms with E-state index in [4.69, 9.17) is 22.2 Å². The molecule has 0 atom stereocenters. The van der Waals surface area contributed by atoms with Crippen LogP contribution in [-0.4, -0.2) is 71.7 Å². The number of benzene rings is 1. The average molecular weight is 591 g/mol. The third-order valence-electron chi connectivity index (χ3n) is 7.63. The van der Waals surface area contributed by atoms with E-state index < -0.39 is 40.6 Å². The number of rotatable bonds is 7. The summed E-state index contributed by atoms with van der Waals surface area (Å²) in [4.78, 5) is 34.5. The lowest BCUT2D eigenvalue weighted by Crippen LogP contribution is -2.55. The van der Waals surface area contributed by atoms with Crippen molar-refractivity contribution in [1.82, 2.24) is 15.2 Å². The summed E-state index contributed by atoms with van der Waals surface area (Å²) in [6, 6.07) is 5.94. The van der Waals surface area contributed by atoms with Crippen molar-refractivity contribution in [2.45, 2.75) is 37.4 Å². The van der Waals surface area contributed by atoms with Gasteiger partial charge in [-0.25, -0.2) is 9.37 Å². The number of anilines is 2. The van der Waals surface area contributed by atoms with Crippen LogP contribution in [0.5, 0.6) is 0 Å². The highest BCUT2D eigenvalue weighted by molar-refractivity contribution is 7.81. The number of amides is 2. The monoisotopic (exact) mass is 590 g/mol. The molecule has 1 N–H and O–H groups in total. The maximum atomic E-state index is 15.2. The Labute approximate surface area is 238 Å². The summed E-state index contributed by atoms with van der Waals surface area (Å²) in [5, 5.41) is 11.6. The van der Waals surface area contributed by atoms with Crippen molar-refractivity contribution in [3.05, 3.63) is 53.1 Å². The maximum Gasteiger partial charge on any atom is 0.419 e. The first-order chi connectivity index (χ1) is 19.6. The predicted molar refractivity (Wildman–Crippen MR) is 144 cm³/mol. The highest BCUT2D eigenvalue weighted by Gasteiger charge is 2.60. The van der Waals surface area contributed by atoms with Crippen LogP contribution in [-0.2, 0) is 15.7 Å². The van der Waals surface area contributed by atoms with E-state index in [9.17, 15) is 22.8 Å². The van der Waals surface area contributed by atoms with Crippen molar-refractivity contribution >= 4 is 40.5 Å². The van der Waals surface area contributed by atoms with Gasteiger partial charge < -0.3 is 15.0 Å². The summed E-state index contributed by atoms with van der Waals surface area (Å²) < 4.78 is 61.3. The number of pyridine rings is 1. The van der Waals surface area contributed by atoms with E-state index in [1.165, 1.54) is 23.1 Å². The van der Waals surface area contributed by atoms with Crippen molar-refractivity contribution in [2.24, 2.45) is 0 Å². The number of hydrogen-bond donors (Lipinski definition) is 1. The molecule has 3 heterocycles. The van der Waals surface area contributed by atoms with E-state index in [0.717, 1.165) is 36.8 Å². The van der Waals surface area contributed by atoms with Gasteiger partial charge in [0.1, 0.15) is 17.4 Å². The van der Waals surface area contributed by atoms with Crippen LogP contribution < -0.4 is 15.1 Å². The van der Waals surface area contributed by atoms with Crippen LogP contribution in [0.15, 0.2) is 30.5 Å². The fourth-order valence-corrected chi connectivity index (χ4v) is 5.81. The number of alkyl halides is 3. The van der Waals surface area contributed by atoms with Gasteiger partial charge in [0.05, 0.1) is 36.2 Å². The summed E-state index contributed by atoms with van der Waals surface area (Å²) in [6.07, 6.45) is -1.84. The van der Waals surface area contributed by atoms with E-state index in [2.05, 4.69) is 15.2 Å². The Morgan fingerprint density at radius 3 is 2.54 bits per heavy atom. The Hall–Kier alpha value is -3.67. The van der Waals surface area contributed by atoms with Crippen molar-refractivity contribution in [3.8, 4) is 6.07 Å². The maximum absolute atomic E-state index is 15.2. The summed E-state index contributed by atoms with van der Waals surface area (Å²) in [5.41, 5.74) is -3.54. The largest absolute Gasteiger partial charge is 0.419 e. The fraction of sp³-hybridized carbons (Fsp3) is 0.444. The Bertz CT molecular complexity index is 1420. The molecule has 5 rings (SSSR count). The number of aromatic nitrogens is 1. The number of carbonyl (C=O) groups is 2. The van der Waals surface area contributed by atoms with Gasteiger partial charge in [-0.15, -0.1) is 0 Å². The van der Waals surface area contributed by atoms with Crippen LogP contribution in [0.25, 0.3) is 0 Å². The summed E-state index contributed by atoms with van der Waals surface area (Å²) in [6.45, 7) is 4.15. The van der Waals surface area contributed by atoms with Crippen LogP contribution in [0, 0.1) is 17.1 Å². The van der Waals surface area contributed by atoms with Gasteiger partial charge in [0.15, 0.2) is 10.8 Å². The minimum atomic E-state index is -4.88. The quantitative estimate of drug-likeness (QED) is 0.297. The molecule has 0 radical (unpaired) electrons. The zero-order valence-corrected chi connectivity index (χ0v) is 22.7. The zero-order valence-electron chi connectivity index (χ0n) is 21.8. The van der Waals surface area contributed by atoms with Crippen molar-refractivity contribution in [3.63, 3.8) is 0 Å². The molecule has 2 aromatic rings.